The number of ether oxygens (including phenoxy) is 1. The van der Waals surface area contributed by atoms with Crippen LogP contribution in [0.2, 0.25) is 0 Å². The third kappa shape index (κ3) is 7.97. The van der Waals surface area contributed by atoms with Crippen molar-refractivity contribution in [2.24, 2.45) is 17.8 Å². The summed E-state index contributed by atoms with van der Waals surface area (Å²) < 4.78 is 6.11. The van der Waals surface area contributed by atoms with Crippen molar-refractivity contribution in [1.82, 2.24) is 10.6 Å². The molecule has 2 unspecified atom stereocenters. The Hall–Kier alpha value is -0.120. The summed E-state index contributed by atoms with van der Waals surface area (Å²) in [6.07, 6.45) is 9.85. The number of nitrogens with one attached hydrogen (secondary N) is 2. The van der Waals surface area contributed by atoms with Crippen LogP contribution in [-0.2, 0) is 4.74 Å². The van der Waals surface area contributed by atoms with Gasteiger partial charge in [0.15, 0.2) is 0 Å². The molecule has 3 nitrogen and oxygen atoms in total. The van der Waals surface area contributed by atoms with Crippen molar-refractivity contribution >= 4 is 0 Å². The molecule has 148 valence electrons. The van der Waals surface area contributed by atoms with Gasteiger partial charge in [0.1, 0.15) is 0 Å². The molecule has 1 heterocycles. The highest BCUT2D eigenvalue weighted by Gasteiger charge is 2.32. The molecule has 2 aliphatic rings. The summed E-state index contributed by atoms with van der Waals surface area (Å²) in [5.74, 6) is 2.55. The van der Waals surface area contributed by atoms with Crippen LogP contribution in [0.3, 0.4) is 0 Å². The van der Waals surface area contributed by atoms with Gasteiger partial charge < -0.3 is 15.4 Å². The maximum Gasteiger partial charge on any atom is 0.0596 e. The predicted molar refractivity (Wildman–Crippen MR) is 108 cm³/mol. The minimum Gasteiger partial charge on any atom is -0.378 e. The summed E-state index contributed by atoms with van der Waals surface area (Å²) in [6.45, 7) is 17.0. The molecule has 2 N–H and O–H groups in total. The van der Waals surface area contributed by atoms with E-state index < -0.39 is 0 Å². The van der Waals surface area contributed by atoms with Crippen LogP contribution < -0.4 is 10.6 Å². The molecule has 25 heavy (non-hydrogen) atoms. The lowest BCUT2D eigenvalue weighted by Crippen LogP contribution is -2.45. The zero-order valence-electron chi connectivity index (χ0n) is 17.8. The molecule has 0 spiro atoms. The zero-order chi connectivity index (χ0) is 18.5. The van der Waals surface area contributed by atoms with Gasteiger partial charge in [-0.05, 0) is 84.6 Å². The first kappa shape index (κ1) is 21.2. The third-order valence-corrected chi connectivity index (χ3v) is 6.24. The van der Waals surface area contributed by atoms with Crippen LogP contribution in [0, 0.1) is 17.8 Å². The summed E-state index contributed by atoms with van der Waals surface area (Å²) in [4.78, 5) is 0. The Kier molecular flexibility index (Phi) is 7.79. The molecule has 0 aromatic rings. The summed E-state index contributed by atoms with van der Waals surface area (Å²) in [5, 5.41) is 7.49. The maximum atomic E-state index is 6.11. The second-order valence-corrected chi connectivity index (χ2v) is 10.5. The van der Waals surface area contributed by atoms with Crippen molar-refractivity contribution in [3.05, 3.63) is 0 Å². The highest BCUT2D eigenvalue weighted by atomic mass is 16.5. The highest BCUT2D eigenvalue weighted by molar-refractivity contribution is 4.87. The summed E-state index contributed by atoms with van der Waals surface area (Å²) >= 11 is 0. The van der Waals surface area contributed by atoms with Crippen LogP contribution in [0.25, 0.3) is 0 Å². The lowest BCUT2D eigenvalue weighted by molar-refractivity contribution is 0.0772. The number of hydrogen-bond acceptors (Lipinski definition) is 3. The Morgan fingerprint density at radius 2 is 1.44 bits per heavy atom. The molecule has 2 rings (SSSR count). The maximum absolute atomic E-state index is 6.11. The minimum atomic E-state index is 0.179. The van der Waals surface area contributed by atoms with Crippen LogP contribution in [-0.4, -0.2) is 36.9 Å². The van der Waals surface area contributed by atoms with Gasteiger partial charge in [-0.1, -0.05) is 26.2 Å². The monoisotopic (exact) mass is 352 g/mol. The number of hydrogen-bond donors (Lipinski definition) is 2. The predicted octanol–water partition coefficient (Wildman–Crippen LogP) is 4.75. The van der Waals surface area contributed by atoms with Crippen LogP contribution in [0.15, 0.2) is 0 Å². The molecule has 0 bridgehead atoms. The minimum absolute atomic E-state index is 0.179. The molecule has 3 heteroatoms. The zero-order valence-corrected chi connectivity index (χ0v) is 17.8. The molecule has 2 atom stereocenters. The second kappa shape index (κ2) is 9.19. The summed E-state index contributed by atoms with van der Waals surface area (Å²) in [7, 11) is 0. The average molecular weight is 353 g/mol. The van der Waals surface area contributed by atoms with Crippen LogP contribution in [0.4, 0.5) is 0 Å². The Balaban J connectivity index is 1.65. The fourth-order valence-corrected chi connectivity index (χ4v) is 4.42. The van der Waals surface area contributed by atoms with Crippen molar-refractivity contribution in [1.29, 1.82) is 0 Å². The van der Waals surface area contributed by atoms with Crippen LogP contribution >= 0.6 is 0 Å². The average Bonchev–Trinajstić information content (AvgIpc) is 2.98. The molecule has 1 saturated carbocycles. The van der Waals surface area contributed by atoms with Crippen molar-refractivity contribution in [3.63, 3.8) is 0 Å². The summed E-state index contributed by atoms with van der Waals surface area (Å²) in [5.41, 5.74) is 0.383. The van der Waals surface area contributed by atoms with Crippen molar-refractivity contribution < 1.29 is 4.74 Å². The Labute approximate surface area is 157 Å². The Morgan fingerprint density at radius 3 is 2.04 bits per heavy atom. The first-order valence-corrected chi connectivity index (χ1v) is 10.8. The van der Waals surface area contributed by atoms with Gasteiger partial charge in [0.25, 0.3) is 0 Å². The van der Waals surface area contributed by atoms with E-state index in [-0.39, 0.29) is 11.1 Å². The van der Waals surface area contributed by atoms with E-state index in [0.29, 0.717) is 12.0 Å². The molecule has 1 aliphatic heterocycles. The SMILES string of the molecule is CC[C@H]1CC[C@@H](CNC(C)(C)CC2CC(CNC(C)(C)C)CO2)CC1. The Bertz CT molecular complexity index is 380. The van der Waals surface area contributed by atoms with Crippen LogP contribution in [0.1, 0.15) is 86.5 Å². The fraction of sp³-hybridized carbons (Fsp3) is 1.00. The van der Waals surface area contributed by atoms with E-state index in [1.807, 2.05) is 0 Å². The van der Waals surface area contributed by atoms with Gasteiger partial charge in [0, 0.05) is 17.6 Å². The third-order valence-electron chi connectivity index (χ3n) is 6.24. The van der Waals surface area contributed by atoms with Gasteiger partial charge in [-0.25, -0.2) is 0 Å². The number of rotatable bonds is 8. The summed E-state index contributed by atoms with van der Waals surface area (Å²) in [6, 6.07) is 0. The lowest BCUT2D eigenvalue weighted by atomic mass is 9.80. The van der Waals surface area contributed by atoms with E-state index in [4.69, 9.17) is 4.74 Å². The van der Waals surface area contributed by atoms with Crippen molar-refractivity contribution in [2.75, 3.05) is 19.7 Å². The standard InChI is InChI=1S/C22H44N2O/c1-7-17-8-10-18(11-9-17)14-24-22(5,6)13-20-12-19(16-25-20)15-23-21(2,3)4/h17-20,23-24H,7-16H2,1-6H3/t17-,18+,19?,20?. The molecule has 2 fully saturated rings. The van der Waals surface area contributed by atoms with Crippen molar-refractivity contribution in [3.8, 4) is 0 Å². The van der Waals surface area contributed by atoms with Gasteiger partial charge in [-0.2, -0.15) is 0 Å². The Morgan fingerprint density at radius 1 is 0.840 bits per heavy atom. The van der Waals surface area contributed by atoms with Crippen molar-refractivity contribution in [2.45, 2.75) is 104 Å². The van der Waals surface area contributed by atoms with Gasteiger partial charge in [0.05, 0.1) is 12.7 Å². The van der Waals surface area contributed by atoms with E-state index in [2.05, 4.69) is 52.2 Å². The van der Waals surface area contributed by atoms with E-state index in [0.717, 1.165) is 31.4 Å². The van der Waals surface area contributed by atoms with E-state index in [9.17, 15) is 0 Å². The molecule has 1 saturated heterocycles. The van der Waals surface area contributed by atoms with Gasteiger partial charge in [-0.3, -0.25) is 0 Å². The molecular weight excluding hydrogens is 308 g/mol. The van der Waals surface area contributed by atoms with Crippen LogP contribution in [0.5, 0.6) is 0 Å². The molecule has 0 aromatic heterocycles. The van der Waals surface area contributed by atoms with Gasteiger partial charge in [-0.15, -0.1) is 0 Å². The molecule has 0 radical (unpaired) electrons. The van der Waals surface area contributed by atoms with E-state index in [1.165, 1.54) is 45.1 Å². The second-order valence-electron chi connectivity index (χ2n) is 10.5. The quantitative estimate of drug-likeness (QED) is 0.661. The first-order chi connectivity index (χ1) is 11.7. The highest BCUT2D eigenvalue weighted by Crippen LogP contribution is 2.31. The van der Waals surface area contributed by atoms with Gasteiger partial charge >= 0.3 is 0 Å². The smallest absolute Gasteiger partial charge is 0.0596 e. The first-order valence-electron chi connectivity index (χ1n) is 10.8. The topological polar surface area (TPSA) is 33.3 Å². The lowest BCUT2D eigenvalue weighted by Gasteiger charge is -2.34. The molecule has 0 aromatic carbocycles. The van der Waals surface area contributed by atoms with E-state index >= 15 is 0 Å². The molecule has 0 amide bonds. The van der Waals surface area contributed by atoms with Gasteiger partial charge in [0.2, 0.25) is 0 Å². The molecule has 1 aliphatic carbocycles. The molecular formula is C22H44N2O. The normalized spacial score (nSPS) is 31.4. The largest absolute Gasteiger partial charge is 0.378 e. The van der Waals surface area contributed by atoms with E-state index in [1.54, 1.807) is 0 Å². The fourth-order valence-electron chi connectivity index (χ4n) is 4.42.